The van der Waals surface area contributed by atoms with Gasteiger partial charge in [0.05, 0.1) is 6.26 Å². The molecule has 1 aromatic carbocycles. The normalized spacial score (nSPS) is 18.5. The Balaban J connectivity index is 2.64. The van der Waals surface area contributed by atoms with Gasteiger partial charge in [0.2, 0.25) is 0 Å². The molecule has 2 rings (SSSR count). The molecule has 0 saturated carbocycles. The van der Waals surface area contributed by atoms with Crippen molar-refractivity contribution in [1.82, 2.24) is 0 Å². The van der Waals surface area contributed by atoms with E-state index in [4.69, 9.17) is 4.74 Å². The summed E-state index contributed by atoms with van der Waals surface area (Å²) in [6.07, 6.45) is 1.85. The Morgan fingerprint density at radius 2 is 1.85 bits per heavy atom. The van der Waals surface area contributed by atoms with Crippen LogP contribution in [-0.2, 0) is 10.3 Å². The lowest BCUT2D eigenvalue weighted by molar-refractivity contribution is 0.0519. The highest BCUT2D eigenvalue weighted by Gasteiger charge is 2.27. The van der Waals surface area contributed by atoms with E-state index in [0.29, 0.717) is 0 Å². The summed E-state index contributed by atoms with van der Waals surface area (Å²) in [6.45, 7) is 6.26. The summed E-state index contributed by atoms with van der Waals surface area (Å²) in [5.74, 6) is 0. The van der Waals surface area contributed by atoms with Gasteiger partial charge in [0.25, 0.3) is 0 Å². The van der Waals surface area contributed by atoms with E-state index in [1.54, 1.807) is 0 Å². The van der Waals surface area contributed by atoms with Gasteiger partial charge in [0.15, 0.2) is 0 Å². The molecular weight excluding hydrogens is 160 g/mol. The van der Waals surface area contributed by atoms with Crippen molar-refractivity contribution in [3.63, 3.8) is 0 Å². The molecule has 1 aliphatic rings. The summed E-state index contributed by atoms with van der Waals surface area (Å²) in [5.41, 5.74) is 3.60. The van der Waals surface area contributed by atoms with E-state index in [1.807, 2.05) is 6.26 Å². The van der Waals surface area contributed by atoms with Crippen molar-refractivity contribution >= 4 is 5.57 Å². The first-order chi connectivity index (χ1) is 6.11. The smallest absolute Gasteiger partial charge is 0.128 e. The molecule has 0 aliphatic carbocycles. The van der Waals surface area contributed by atoms with Crippen LogP contribution < -0.4 is 0 Å². The van der Waals surface area contributed by atoms with Crippen molar-refractivity contribution < 1.29 is 4.74 Å². The third-order valence-electron chi connectivity index (χ3n) is 2.53. The molecule has 1 heterocycles. The first kappa shape index (κ1) is 8.36. The Morgan fingerprint density at radius 1 is 1.15 bits per heavy atom. The predicted octanol–water partition coefficient (Wildman–Crippen LogP) is 3.31. The van der Waals surface area contributed by atoms with Crippen LogP contribution >= 0.6 is 0 Å². The summed E-state index contributed by atoms with van der Waals surface area (Å²) in [4.78, 5) is 0. The second-order valence-electron chi connectivity index (χ2n) is 3.97. The highest BCUT2D eigenvalue weighted by molar-refractivity contribution is 5.68. The van der Waals surface area contributed by atoms with Gasteiger partial charge >= 0.3 is 0 Å². The number of rotatable bonds is 0. The van der Waals surface area contributed by atoms with Gasteiger partial charge in [0, 0.05) is 5.56 Å². The molecular formula is C12H14O. The van der Waals surface area contributed by atoms with E-state index in [9.17, 15) is 0 Å². The molecule has 1 heteroatoms. The minimum atomic E-state index is -0.184. The number of benzene rings is 1. The maximum Gasteiger partial charge on any atom is 0.128 e. The van der Waals surface area contributed by atoms with Crippen LogP contribution in [0.2, 0.25) is 0 Å². The topological polar surface area (TPSA) is 9.23 Å². The van der Waals surface area contributed by atoms with Crippen LogP contribution in [0, 0.1) is 0 Å². The standard InChI is InChI=1S/C12H14O/c1-9-8-13-12(2,3)11-7-5-4-6-10(9)11/h4-8H,1-3H3. The van der Waals surface area contributed by atoms with Gasteiger partial charge in [-0.1, -0.05) is 24.3 Å². The highest BCUT2D eigenvalue weighted by atomic mass is 16.5. The molecule has 0 fully saturated rings. The first-order valence-electron chi connectivity index (χ1n) is 4.56. The molecule has 0 saturated heterocycles. The Labute approximate surface area is 79.0 Å². The zero-order valence-corrected chi connectivity index (χ0v) is 8.29. The van der Waals surface area contributed by atoms with Gasteiger partial charge in [-0.05, 0) is 31.9 Å². The molecule has 1 aliphatic heterocycles. The largest absolute Gasteiger partial charge is 0.490 e. The summed E-state index contributed by atoms with van der Waals surface area (Å²) in [6, 6.07) is 8.40. The number of fused-ring (bicyclic) bond motifs is 1. The van der Waals surface area contributed by atoms with Crippen LogP contribution in [0.15, 0.2) is 30.5 Å². The van der Waals surface area contributed by atoms with E-state index in [0.717, 1.165) is 0 Å². The molecule has 0 radical (unpaired) electrons. The highest BCUT2D eigenvalue weighted by Crippen LogP contribution is 2.36. The van der Waals surface area contributed by atoms with Crippen molar-refractivity contribution in [1.29, 1.82) is 0 Å². The van der Waals surface area contributed by atoms with E-state index in [-0.39, 0.29) is 5.60 Å². The van der Waals surface area contributed by atoms with Crippen molar-refractivity contribution in [3.05, 3.63) is 41.7 Å². The third kappa shape index (κ3) is 1.24. The minimum absolute atomic E-state index is 0.184. The molecule has 0 atom stereocenters. The average Bonchev–Trinajstić information content (AvgIpc) is 2.13. The Bertz CT molecular complexity index is 361. The summed E-state index contributed by atoms with van der Waals surface area (Å²) < 4.78 is 5.64. The Morgan fingerprint density at radius 3 is 2.54 bits per heavy atom. The van der Waals surface area contributed by atoms with Gasteiger partial charge < -0.3 is 4.74 Å². The van der Waals surface area contributed by atoms with Gasteiger partial charge in [-0.25, -0.2) is 0 Å². The van der Waals surface area contributed by atoms with Crippen LogP contribution in [-0.4, -0.2) is 0 Å². The average molecular weight is 174 g/mol. The number of ether oxygens (including phenoxy) is 1. The van der Waals surface area contributed by atoms with E-state index in [2.05, 4.69) is 45.0 Å². The maximum absolute atomic E-state index is 5.64. The fraction of sp³-hybridized carbons (Fsp3) is 0.333. The van der Waals surface area contributed by atoms with Crippen molar-refractivity contribution in [2.24, 2.45) is 0 Å². The van der Waals surface area contributed by atoms with Crippen molar-refractivity contribution in [2.45, 2.75) is 26.4 Å². The zero-order valence-electron chi connectivity index (χ0n) is 8.29. The SMILES string of the molecule is CC1=COC(C)(C)c2ccccc21. The summed E-state index contributed by atoms with van der Waals surface area (Å²) in [7, 11) is 0. The second kappa shape index (κ2) is 2.63. The number of hydrogen-bond acceptors (Lipinski definition) is 1. The van der Waals surface area contributed by atoms with Gasteiger partial charge in [-0.2, -0.15) is 0 Å². The number of hydrogen-bond donors (Lipinski definition) is 0. The van der Waals surface area contributed by atoms with E-state index in [1.165, 1.54) is 16.7 Å². The van der Waals surface area contributed by atoms with Gasteiger partial charge in [0.1, 0.15) is 5.60 Å². The van der Waals surface area contributed by atoms with Crippen LogP contribution in [0.4, 0.5) is 0 Å². The van der Waals surface area contributed by atoms with Crippen LogP contribution in [0.5, 0.6) is 0 Å². The Kier molecular flexibility index (Phi) is 1.69. The predicted molar refractivity (Wildman–Crippen MR) is 54.2 cm³/mol. The molecule has 0 bridgehead atoms. The van der Waals surface area contributed by atoms with Crippen molar-refractivity contribution in [3.8, 4) is 0 Å². The zero-order chi connectivity index (χ0) is 9.47. The lowest BCUT2D eigenvalue weighted by Gasteiger charge is -2.31. The van der Waals surface area contributed by atoms with Gasteiger partial charge in [-0.15, -0.1) is 0 Å². The molecule has 0 N–H and O–H groups in total. The quantitative estimate of drug-likeness (QED) is 0.586. The van der Waals surface area contributed by atoms with Crippen LogP contribution in [0.1, 0.15) is 31.9 Å². The van der Waals surface area contributed by atoms with E-state index >= 15 is 0 Å². The second-order valence-corrected chi connectivity index (χ2v) is 3.97. The molecule has 0 amide bonds. The van der Waals surface area contributed by atoms with Crippen molar-refractivity contribution in [2.75, 3.05) is 0 Å². The molecule has 0 unspecified atom stereocenters. The third-order valence-corrected chi connectivity index (χ3v) is 2.53. The lowest BCUT2D eigenvalue weighted by atomic mass is 9.88. The maximum atomic E-state index is 5.64. The van der Waals surface area contributed by atoms with Crippen LogP contribution in [0.3, 0.4) is 0 Å². The molecule has 0 aromatic heterocycles. The molecule has 0 spiro atoms. The van der Waals surface area contributed by atoms with Gasteiger partial charge in [-0.3, -0.25) is 0 Å². The molecule has 68 valence electrons. The molecule has 1 nitrogen and oxygen atoms in total. The summed E-state index contributed by atoms with van der Waals surface area (Å²) >= 11 is 0. The van der Waals surface area contributed by atoms with E-state index < -0.39 is 0 Å². The molecule has 13 heavy (non-hydrogen) atoms. The number of allylic oxidation sites excluding steroid dienone is 1. The summed E-state index contributed by atoms with van der Waals surface area (Å²) in [5, 5.41) is 0. The fourth-order valence-corrected chi connectivity index (χ4v) is 1.71. The minimum Gasteiger partial charge on any atom is -0.490 e. The lowest BCUT2D eigenvalue weighted by Crippen LogP contribution is -2.23. The van der Waals surface area contributed by atoms with Crippen LogP contribution in [0.25, 0.3) is 5.57 Å². The first-order valence-corrected chi connectivity index (χ1v) is 4.56. The molecule has 1 aromatic rings. The fourth-order valence-electron chi connectivity index (χ4n) is 1.71. The Hall–Kier alpha value is -1.24. The monoisotopic (exact) mass is 174 g/mol.